The molecule has 12 aromatic carbocycles. The molecular formula is C72H50N2Si2. The highest BCUT2D eigenvalue weighted by Crippen LogP contribution is 2.42. The summed E-state index contributed by atoms with van der Waals surface area (Å²) >= 11 is 0. The summed E-state index contributed by atoms with van der Waals surface area (Å²) in [5.74, 6) is 0. The molecule has 0 saturated heterocycles. The van der Waals surface area contributed by atoms with Gasteiger partial charge in [0.15, 0.2) is 16.1 Å². The van der Waals surface area contributed by atoms with Gasteiger partial charge >= 0.3 is 0 Å². The molecule has 1 aliphatic rings. The predicted molar refractivity (Wildman–Crippen MR) is 327 cm³/mol. The largest absolute Gasteiger partial charge is 0.309 e. The average molecular weight is 999 g/mol. The molecule has 4 heteroatoms. The van der Waals surface area contributed by atoms with Crippen molar-refractivity contribution >= 4 is 101 Å². The maximum atomic E-state index is 2.53. The Labute approximate surface area is 444 Å². The lowest BCUT2D eigenvalue weighted by Crippen LogP contribution is -2.74. The normalized spacial score (nSPS) is 12.8. The summed E-state index contributed by atoms with van der Waals surface area (Å²) in [6.07, 6.45) is 0. The number of fused-ring (bicyclic) bond motifs is 9. The number of aromatic nitrogens is 2. The van der Waals surface area contributed by atoms with Gasteiger partial charge in [-0.1, -0.05) is 255 Å². The van der Waals surface area contributed by atoms with Gasteiger partial charge in [-0.05, 0) is 112 Å². The van der Waals surface area contributed by atoms with Gasteiger partial charge in [0, 0.05) is 27.2 Å². The van der Waals surface area contributed by atoms with Crippen LogP contribution >= 0.6 is 0 Å². The Morgan fingerprint density at radius 2 is 0.763 bits per heavy atom. The minimum absolute atomic E-state index is 1.15. The Morgan fingerprint density at radius 1 is 0.289 bits per heavy atom. The van der Waals surface area contributed by atoms with Crippen molar-refractivity contribution in [1.29, 1.82) is 0 Å². The summed E-state index contributed by atoms with van der Waals surface area (Å²) in [6, 6.07) is 114. The van der Waals surface area contributed by atoms with E-state index >= 15 is 0 Å². The third-order valence-corrected chi connectivity index (χ3v) is 26.2. The first-order chi connectivity index (χ1) is 37.7. The average Bonchev–Trinajstić information content (AvgIpc) is 4.19. The van der Waals surface area contributed by atoms with E-state index in [4.69, 9.17) is 0 Å². The van der Waals surface area contributed by atoms with Crippen LogP contribution in [0.2, 0.25) is 0 Å². The lowest BCUT2D eigenvalue weighted by Gasteiger charge is -2.34. The first-order valence-corrected chi connectivity index (χ1v) is 30.4. The van der Waals surface area contributed by atoms with E-state index in [1.165, 1.54) is 113 Å². The summed E-state index contributed by atoms with van der Waals surface area (Å²) in [5.41, 5.74) is 12.3. The monoisotopic (exact) mass is 998 g/mol. The molecule has 14 aromatic rings. The number of hydrogen-bond donors (Lipinski definition) is 0. The zero-order valence-corrected chi connectivity index (χ0v) is 43.8. The third kappa shape index (κ3) is 6.38. The van der Waals surface area contributed by atoms with Crippen LogP contribution in [0.15, 0.2) is 303 Å². The molecule has 76 heavy (non-hydrogen) atoms. The van der Waals surface area contributed by atoms with Gasteiger partial charge in [-0.3, -0.25) is 0 Å². The van der Waals surface area contributed by atoms with E-state index < -0.39 is 16.1 Å². The minimum Gasteiger partial charge on any atom is -0.309 e. The fourth-order valence-electron chi connectivity index (χ4n) is 13.6. The van der Waals surface area contributed by atoms with Crippen LogP contribution in [0.5, 0.6) is 0 Å². The molecule has 2 aromatic heterocycles. The molecule has 0 radical (unpaired) electrons. The van der Waals surface area contributed by atoms with Crippen molar-refractivity contribution in [2.75, 3.05) is 0 Å². The van der Waals surface area contributed by atoms with Crippen LogP contribution in [-0.2, 0) is 0 Å². The van der Waals surface area contributed by atoms with Crippen molar-refractivity contribution < 1.29 is 0 Å². The summed E-state index contributed by atoms with van der Waals surface area (Å²) < 4.78 is 5.04. The van der Waals surface area contributed by atoms with Crippen molar-refractivity contribution in [3.63, 3.8) is 0 Å². The Morgan fingerprint density at radius 3 is 1.42 bits per heavy atom. The highest BCUT2D eigenvalue weighted by Gasteiger charge is 2.50. The van der Waals surface area contributed by atoms with Crippen LogP contribution in [-0.4, -0.2) is 25.3 Å². The smallest absolute Gasteiger partial charge is 0.181 e. The highest BCUT2D eigenvalue weighted by atomic mass is 28.3. The molecule has 0 fully saturated rings. The van der Waals surface area contributed by atoms with Gasteiger partial charge in [-0.2, -0.15) is 0 Å². The molecule has 0 amide bonds. The second-order valence-corrected chi connectivity index (χ2v) is 27.8. The molecule has 15 rings (SSSR count). The first-order valence-electron chi connectivity index (χ1n) is 26.4. The Kier molecular flexibility index (Phi) is 10.3. The van der Waals surface area contributed by atoms with Crippen molar-refractivity contribution in [3.8, 4) is 33.6 Å². The molecule has 0 bridgehead atoms. The van der Waals surface area contributed by atoms with E-state index in [1.807, 2.05) is 0 Å². The quantitative estimate of drug-likeness (QED) is 0.101. The van der Waals surface area contributed by atoms with E-state index in [0.717, 1.165) is 5.69 Å². The number of hydrogen-bond acceptors (Lipinski definition) is 0. The van der Waals surface area contributed by atoms with Gasteiger partial charge in [0.05, 0.1) is 27.8 Å². The molecule has 0 saturated carbocycles. The van der Waals surface area contributed by atoms with E-state index in [9.17, 15) is 0 Å². The molecule has 0 unspecified atom stereocenters. The third-order valence-electron chi connectivity index (χ3n) is 16.5. The Bertz CT molecular complexity index is 4370. The van der Waals surface area contributed by atoms with Crippen LogP contribution in [0.25, 0.3) is 77.2 Å². The van der Waals surface area contributed by atoms with Crippen LogP contribution in [0.3, 0.4) is 0 Å². The number of benzene rings is 12. The first kappa shape index (κ1) is 44.2. The summed E-state index contributed by atoms with van der Waals surface area (Å²) in [5, 5.41) is 16.1. The maximum Gasteiger partial charge on any atom is 0.181 e. The SMILES string of the molecule is c1ccc([Si](c2ccccc2)(c2ccccc2)c2cccc(-n3c4ccccc4c4c(-n5c6ccccc6c6cc(-c7cccc8c7[Si](c7ccccc7)(c7ccccc7)c7ccccc7-8)ccc65)cccc43)c2)cc1. The number of rotatable bonds is 9. The van der Waals surface area contributed by atoms with Crippen molar-refractivity contribution in [2.24, 2.45) is 0 Å². The molecule has 356 valence electrons. The lowest BCUT2D eigenvalue weighted by molar-refractivity contribution is 1.17. The van der Waals surface area contributed by atoms with Gasteiger partial charge in [-0.15, -0.1) is 0 Å². The molecule has 0 atom stereocenters. The number of para-hydroxylation sites is 2. The van der Waals surface area contributed by atoms with Gasteiger partial charge in [0.25, 0.3) is 0 Å². The van der Waals surface area contributed by atoms with E-state index in [-0.39, 0.29) is 0 Å². The summed E-state index contributed by atoms with van der Waals surface area (Å²) in [6.45, 7) is 0. The molecule has 1 aliphatic heterocycles. The van der Waals surface area contributed by atoms with Gasteiger partial charge < -0.3 is 9.13 Å². The van der Waals surface area contributed by atoms with Crippen LogP contribution in [0.1, 0.15) is 0 Å². The van der Waals surface area contributed by atoms with Gasteiger partial charge in [-0.25, -0.2) is 0 Å². The van der Waals surface area contributed by atoms with Crippen LogP contribution in [0, 0.1) is 0 Å². The number of nitrogens with zero attached hydrogens (tertiary/aromatic N) is 2. The Balaban J connectivity index is 0.948. The van der Waals surface area contributed by atoms with Gasteiger partial charge in [0.1, 0.15) is 0 Å². The zero-order chi connectivity index (χ0) is 50.2. The van der Waals surface area contributed by atoms with Crippen LogP contribution in [0.4, 0.5) is 0 Å². The Hall–Kier alpha value is -9.33. The van der Waals surface area contributed by atoms with Crippen LogP contribution < -0.4 is 41.5 Å². The van der Waals surface area contributed by atoms with E-state index in [1.54, 1.807) is 0 Å². The fourth-order valence-corrected chi connectivity index (χ4v) is 23.7. The predicted octanol–water partition coefficient (Wildman–Crippen LogP) is 12.3. The van der Waals surface area contributed by atoms with Crippen molar-refractivity contribution in [3.05, 3.63) is 303 Å². The standard InChI is InChI=1S/C72H50N2Si2/c1-6-26-53(27-7-1)75(54-28-8-2-9-29-54,55-30-10-3-11-31-55)58-36-22-25-52(50-58)73-66-43-20-17-39-63(66)71-68(73)44-24-45-69(71)74-65-42-19-16-37-60(65)64-49-51(47-48-67(64)74)59-40-23-41-62-61-38-18-21-46-70(61)76(72(59)62,56-32-12-4-13-33-56)57-34-14-5-15-35-57/h1-50H. The molecule has 0 aliphatic carbocycles. The molecule has 2 nitrogen and oxygen atoms in total. The van der Waals surface area contributed by atoms with E-state index in [0.29, 0.717) is 0 Å². The highest BCUT2D eigenvalue weighted by molar-refractivity contribution is 7.23. The fraction of sp³-hybridized carbons (Fsp3) is 0. The molecule has 0 spiro atoms. The minimum atomic E-state index is -2.80. The lowest BCUT2D eigenvalue weighted by atomic mass is 9.98. The molecule has 3 heterocycles. The second kappa shape index (κ2) is 17.7. The topological polar surface area (TPSA) is 9.86 Å². The zero-order valence-electron chi connectivity index (χ0n) is 41.8. The van der Waals surface area contributed by atoms with E-state index in [2.05, 4.69) is 312 Å². The summed E-state index contributed by atoms with van der Waals surface area (Å²) in [4.78, 5) is 0. The van der Waals surface area contributed by atoms with Crippen molar-refractivity contribution in [1.82, 2.24) is 9.13 Å². The van der Waals surface area contributed by atoms with Gasteiger partial charge in [0.2, 0.25) is 0 Å². The maximum absolute atomic E-state index is 2.80. The summed E-state index contributed by atoms with van der Waals surface area (Å²) in [7, 11) is -5.58. The second-order valence-electron chi connectivity index (χ2n) is 20.3. The molecule has 0 N–H and O–H groups in total. The molecular weight excluding hydrogens is 949 g/mol. The van der Waals surface area contributed by atoms with Crippen molar-refractivity contribution in [2.45, 2.75) is 0 Å².